The molecule has 1 aromatic heterocycles. The molecule has 0 radical (unpaired) electrons. The molecule has 1 rings (SSSR count). The molecule has 0 aliphatic carbocycles. The number of aldehydes is 1. The second-order valence-corrected chi connectivity index (χ2v) is 5.10. The van der Waals surface area contributed by atoms with Gasteiger partial charge in [-0.1, -0.05) is 0 Å². The predicted molar refractivity (Wildman–Crippen MR) is 68.0 cm³/mol. The molecule has 0 aliphatic heterocycles. The van der Waals surface area contributed by atoms with Gasteiger partial charge >= 0.3 is 11.8 Å². The van der Waals surface area contributed by atoms with Gasteiger partial charge in [0.2, 0.25) is 0 Å². The number of hydrogen-bond acceptors (Lipinski definition) is 6. The third kappa shape index (κ3) is 3.53. The Labute approximate surface area is 115 Å². The van der Waals surface area contributed by atoms with E-state index in [2.05, 4.69) is 10.2 Å². The van der Waals surface area contributed by atoms with Crippen LogP contribution in [-0.2, 0) is 9.53 Å². The van der Waals surface area contributed by atoms with Crippen LogP contribution in [0.25, 0.3) is 0 Å². The first kappa shape index (κ1) is 15.6. The maximum atomic E-state index is 11.9. The van der Waals surface area contributed by atoms with Crippen molar-refractivity contribution in [2.75, 3.05) is 7.05 Å². The molecule has 9 nitrogen and oxygen atoms in total. The lowest BCUT2D eigenvalue weighted by Crippen LogP contribution is -2.37. The van der Waals surface area contributed by atoms with E-state index in [0.717, 1.165) is 11.1 Å². The van der Waals surface area contributed by atoms with Gasteiger partial charge in [-0.05, 0) is 20.8 Å². The average Bonchev–Trinajstić information content (AvgIpc) is 2.76. The maximum absolute atomic E-state index is 11.9. The van der Waals surface area contributed by atoms with Crippen molar-refractivity contribution in [3.8, 4) is 0 Å². The van der Waals surface area contributed by atoms with Crippen LogP contribution in [0.1, 0.15) is 32.5 Å². The van der Waals surface area contributed by atoms with Crippen LogP contribution in [0.3, 0.4) is 0 Å². The molecule has 1 amide bonds. The first-order valence-electron chi connectivity index (χ1n) is 5.76. The smallest absolute Gasteiger partial charge is 0.410 e. The van der Waals surface area contributed by atoms with E-state index in [4.69, 9.17) is 4.74 Å². The lowest BCUT2D eigenvalue weighted by Gasteiger charge is -2.27. The fourth-order valence-electron chi connectivity index (χ4n) is 1.45. The fourth-order valence-corrected chi connectivity index (χ4v) is 1.45. The van der Waals surface area contributed by atoms with Gasteiger partial charge < -0.3 is 9.53 Å². The van der Waals surface area contributed by atoms with E-state index in [-0.39, 0.29) is 11.4 Å². The highest BCUT2D eigenvalue weighted by atomic mass is 16.6. The van der Waals surface area contributed by atoms with E-state index in [1.165, 1.54) is 7.05 Å². The summed E-state index contributed by atoms with van der Waals surface area (Å²) in [5.74, 6) is 0. The third-order valence-corrected chi connectivity index (χ3v) is 2.37. The lowest BCUT2D eigenvalue weighted by atomic mass is 10.2. The number of H-pyrrole nitrogens is 1. The summed E-state index contributed by atoms with van der Waals surface area (Å²) >= 11 is 0. The number of nitrogens with one attached hydrogen (secondary N) is 1. The standard InChI is InChI=1S/C11H16N4O5/c1-11(2,3)20-10(17)14(4)8(6-16)9-7(15(18)19)5-12-13-9/h5-6,8H,1-4H3,(H,12,13). The van der Waals surface area contributed by atoms with Crippen LogP contribution in [0, 0.1) is 10.1 Å². The number of rotatable bonds is 4. The Morgan fingerprint density at radius 2 is 2.20 bits per heavy atom. The molecule has 0 saturated heterocycles. The Morgan fingerprint density at radius 3 is 2.65 bits per heavy atom. The van der Waals surface area contributed by atoms with Gasteiger partial charge in [0.25, 0.3) is 0 Å². The first-order valence-corrected chi connectivity index (χ1v) is 5.76. The normalized spacial score (nSPS) is 12.6. The molecular weight excluding hydrogens is 268 g/mol. The van der Waals surface area contributed by atoms with Crippen molar-refractivity contribution in [2.45, 2.75) is 32.4 Å². The molecule has 1 unspecified atom stereocenters. The summed E-state index contributed by atoms with van der Waals surface area (Å²) in [6.45, 7) is 5.02. The van der Waals surface area contributed by atoms with Gasteiger partial charge in [0.15, 0.2) is 0 Å². The van der Waals surface area contributed by atoms with Gasteiger partial charge in [-0.3, -0.25) is 20.1 Å². The molecule has 0 saturated carbocycles. The van der Waals surface area contributed by atoms with E-state index in [1.54, 1.807) is 20.8 Å². The fraction of sp³-hybridized carbons (Fsp3) is 0.545. The Hall–Kier alpha value is -2.45. The molecular formula is C11H16N4O5. The highest BCUT2D eigenvalue weighted by Crippen LogP contribution is 2.25. The highest BCUT2D eigenvalue weighted by Gasteiger charge is 2.32. The van der Waals surface area contributed by atoms with Crippen LogP contribution in [-0.4, -0.2) is 45.0 Å². The van der Waals surface area contributed by atoms with E-state index < -0.39 is 22.7 Å². The summed E-state index contributed by atoms with van der Waals surface area (Å²) in [7, 11) is 1.32. The summed E-state index contributed by atoms with van der Waals surface area (Å²) in [5, 5.41) is 16.7. The van der Waals surface area contributed by atoms with Gasteiger partial charge in [0.05, 0.1) is 4.92 Å². The molecule has 1 N–H and O–H groups in total. The van der Waals surface area contributed by atoms with Crippen molar-refractivity contribution in [3.63, 3.8) is 0 Å². The van der Waals surface area contributed by atoms with Crippen LogP contribution in [0.15, 0.2) is 6.20 Å². The summed E-state index contributed by atoms with van der Waals surface area (Å²) in [6, 6.07) is -1.17. The predicted octanol–water partition coefficient (Wildman–Crippen LogP) is 1.42. The van der Waals surface area contributed by atoms with E-state index in [0.29, 0.717) is 6.29 Å². The van der Waals surface area contributed by atoms with Crippen molar-refractivity contribution >= 4 is 18.1 Å². The Bertz CT molecular complexity index is 519. The first-order chi connectivity index (χ1) is 9.17. The number of hydrogen-bond donors (Lipinski definition) is 1. The van der Waals surface area contributed by atoms with Crippen molar-refractivity contribution in [1.82, 2.24) is 15.1 Å². The second kappa shape index (κ2) is 5.68. The number of likely N-dealkylation sites (N-methyl/N-ethyl adjacent to an activating group) is 1. The van der Waals surface area contributed by atoms with Crippen LogP contribution in [0.4, 0.5) is 10.5 Å². The van der Waals surface area contributed by atoms with Gasteiger partial charge in [0, 0.05) is 7.05 Å². The number of ether oxygens (including phenoxy) is 1. The van der Waals surface area contributed by atoms with Crippen molar-refractivity contribution in [2.24, 2.45) is 0 Å². The molecule has 0 aliphatic rings. The SMILES string of the molecule is CN(C(=O)OC(C)(C)C)C(C=O)c1[nH]ncc1[N+](=O)[O-]. The highest BCUT2D eigenvalue weighted by molar-refractivity contribution is 5.75. The van der Waals surface area contributed by atoms with E-state index in [9.17, 15) is 19.7 Å². The molecule has 0 fully saturated rings. The minimum Gasteiger partial charge on any atom is -0.444 e. The molecule has 110 valence electrons. The molecule has 1 atom stereocenters. The quantitative estimate of drug-likeness (QED) is 0.507. The summed E-state index contributed by atoms with van der Waals surface area (Å²) < 4.78 is 5.10. The zero-order valence-corrected chi connectivity index (χ0v) is 11.6. The number of amides is 1. The minimum absolute atomic E-state index is 0.0710. The number of carbonyl (C=O) groups is 2. The van der Waals surface area contributed by atoms with Crippen LogP contribution in [0.2, 0.25) is 0 Å². The number of carbonyl (C=O) groups excluding carboxylic acids is 2. The topological polar surface area (TPSA) is 118 Å². The van der Waals surface area contributed by atoms with Crippen molar-refractivity contribution < 1.29 is 19.2 Å². The second-order valence-electron chi connectivity index (χ2n) is 5.10. The van der Waals surface area contributed by atoms with Crippen LogP contribution < -0.4 is 0 Å². The number of aromatic nitrogens is 2. The molecule has 20 heavy (non-hydrogen) atoms. The minimum atomic E-state index is -1.17. The maximum Gasteiger partial charge on any atom is 0.410 e. The third-order valence-electron chi connectivity index (χ3n) is 2.37. The lowest BCUT2D eigenvalue weighted by molar-refractivity contribution is -0.385. The molecule has 1 aromatic rings. The molecule has 1 heterocycles. The zero-order chi connectivity index (χ0) is 15.5. The van der Waals surface area contributed by atoms with Gasteiger partial charge in [-0.2, -0.15) is 5.10 Å². The van der Waals surface area contributed by atoms with Crippen LogP contribution >= 0.6 is 0 Å². The molecule has 0 spiro atoms. The largest absolute Gasteiger partial charge is 0.444 e. The summed E-state index contributed by atoms with van der Waals surface area (Å²) in [5.41, 5.74) is -1.17. The molecule has 0 bridgehead atoms. The van der Waals surface area contributed by atoms with Crippen LogP contribution in [0.5, 0.6) is 0 Å². The molecule has 0 aromatic carbocycles. The monoisotopic (exact) mass is 284 g/mol. The summed E-state index contributed by atoms with van der Waals surface area (Å²) in [6.07, 6.45) is 0.623. The Balaban J connectivity index is 3.01. The Kier molecular flexibility index (Phi) is 4.43. The number of nitrogens with zero attached hydrogens (tertiary/aromatic N) is 3. The average molecular weight is 284 g/mol. The van der Waals surface area contributed by atoms with Crippen molar-refractivity contribution in [1.29, 1.82) is 0 Å². The van der Waals surface area contributed by atoms with Gasteiger partial charge in [-0.25, -0.2) is 4.79 Å². The van der Waals surface area contributed by atoms with E-state index >= 15 is 0 Å². The van der Waals surface area contributed by atoms with Gasteiger partial charge in [0.1, 0.15) is 29.8 Å². The number of aromatic amines is 1. The van der Waals surface area contributed by atoms with Crippen molar-refractivity contribution in [3.05, 3.63) is 22.0 Å². The van der Waals surface area contributed by atoms with Gasteiger partial charge in [-0.15, -0.1) is 0 Å². The molecule has 9 heteroatoms. The zero-order valence-electron chi connectivity index (χ0n) is 11.6. The summed E-state index contributed by atoms with van der Waals surface area (Å²) in [4.78, 5) is 34.2. The Morgan fingerprint density at radius 1 is 1.60 bits per heavy atom. The number of nitro groups is 1. The van der Waals surface area contributed by atoms with E-state index in [1.807, 2.05) is 0 Å².